The van der Waals surface area contributed by atoms with Gasteiger partial charge >= 0.3 is 19.8 Å². The predicted molar refractivity (Wildman–Crippen MR) is 243 cm³/mol. The first-order valence-electron chi connectivity index (χ1n) is 21.6. The number of ether oxygens (including phenoxy) is 2. The lowest BCUT2D eigenvalue weighted by Gasteiger charge is -2.20. The first-order chi connectivity index (χ1) is 29.1. The van der Waals surface area contributed by atoms with E-state index in [1.165, 1.54) is 0 Å². The molecule has 0 heterocycles. The van der Waals surface area contributed by atoms with E-state index in [4.69, 9.17) is 19.1 Å². The fourth-order valence-corrected chi connectivity index (χ4v) is 5.72. The maximum atomic E-state index is 12.6. The van der Waals surface area contributed by atoms with Gasteiger partial charge < -0.3 is 29.7 Å². The van der Waals surface area contributed by atoms with Crippen LogP contribution in [-0.4, -0.2) is 76.9 Å². The maximum absolute atomic E-state index is 12.6. The van der Waals surface area contributed by atoms with Gasteiger partial charge in [0.15, 0.2) is 6.10 Å². The number of aliphatic hydroxyl groups is 3. The van der Waals surface area contributed by atoms with Gasteiger partial charge in [-0.15, -0.1) is 0 Å². The minimum absolute atomic E-state index is 0.0623. The van der Waals surface area contributed by atoms with Crippen LogP contribution in [-0.2, 0) is 32.7 Å². The summed E-state index contributed by atoms with van der Waals surface area (Å²) in [6.07, 6.45) is 50.5. The van der Waals surface area contributed by atoms with Crippen LogP contribution in [0.5, 0.6) is 0 Å². The first kappa shape index (κ1) is 56.3. The van der Waals surface area contributed by atoms with Crippen molar-refractivity contribution in [2.75, 3.05) is 26.4 Å². The van der Waals surface area contributed by atoms with E-state index in [9.17, 15) is 29.3 Å². The summed E-state index contributed by atoms with van der Waals surface area (Å²) < 4.78 is 32.5. The van der Waals surface area contributed by atoms with Crippen LogP contribution in [0, 0.1) is 0 Å². The van der Waals surface area contributed by atoms with Crippen molar-refractivity contribution in [3.63, 3.8) is 0 Å². The van der Waals surface area contributed by atoms with Crippen molar-refractivity contribution in [1.29, 1.82) is 0 Å². The van der Waals surface area contributed by atoms with E-state index in [2.05, 4.69) is 116 Å². The smallest absolute Gasteiger partial charge is 0.462 e. The molecule has 4 N–H and O–H groups in total. The summed E-state index contributed by atoms with van der Waals surface area (Å²) in [6.45, 7) is 1.85. The summed E-state index contributed by atoms with van der Waals surface area (Å²) >= 11 is 0. The standard InChI is InChI=1S/C48H75O11P/c1-3-5-7-9-11-13-15-17-18-19-20-21-22-24-26-28-30-32-34-38-47(52)56-42-46(43-58-60(54,55)57-41-45(51)40-49)59-48(53)39-35-37-44(50)36-33-31-29-27-25-23-16-14-12-10-8-6-4-2/h5-8,11-14,17-18,20-21,23-26,29,31,33,36,44-46,49-51H,3-4,9-10,15-16,19,22,27-28,30,32,34-35,37-43H2,1-2H3,(H,54,55)/b7-5-,8-6-,13-11-,14-12-,18-17-,21-20-,25-23-,26-24-,31-29-,36-33+/t44?,45-,46+/m0/s1. The fourth-order valence-electron chi connectivity index (χ4n) is 4.93. The molecule has 0 aromatic rings. The number of hydrogen-bond acceptors (Lipinski definition) is 10. The molecule has 12 heteroatoms. The lowest BCUT2D eigenvalue weighted by Crippen LogP contribution is -2.30. The van der Waals surface area contributed by atoms with Crippen LogP contribution in [0.2, 0.25) is 0 Å². The zero-order chi connectivity index (χ0) is 44.2. The lowest BCUT2D eigenvalue weighted by molar-refractivity contribution is -0.161. The maximum Gasteiger partial charge on any atom is 0.472 e. The van der Waals surface area contributed by atoms with Gasteiger partial charge in [-0.1, -0.05) is 142 Å². The second-order valence-corrected chi connectivity index (χ2v) is 15.3. The van der Waals surface area contributed by atoms with E-state index in [0.29, 0.717) is 19.3 Å². The highest BCUT2D eigenvalue weighted by Gasteiger charge is 2.27. The van der Waals surface area contributed by atoms with Gasteiger partial charge in [0.2, 0.25) is 0 Å². The Bertz CT molecular complexity index is 1420. The Morgan fingerprint density at radius 1 is 0.567 bits per heavy atom. The van der Waals surface area contributed by atoms with Crippen molar-refractivity contribution >= 4 is 19.8 Å². The summed E-state index contributed by atoms with van der Waals surface area (Å²) in [7, 11) is -4.69. The Morgan fingerprint density at radius 3 is 1.58 bits per heavy atom. The summed E-state index contributed by atoms with van der Waals surface area (Å²) in [5.74, 6) is -1.18. The largest absolute Gasteiger partial charge is 0.472 e. The molecule has 338 valence electrons. The van der Waals surface area contributed by atoms with Gasteiger partial charge in [-0.2, -0.15) is 0 Å². The minimum Gasteiger partial charge on any atom is -0.462 e. The third-order valence-electron chi connectivity index (χ3n) is 8.22. The third kappa shape index (κ3) is 41.1. The average molecular weight is 859 g/mol. The number of allylic oxidation sites excluding steroid dienone is 19. The van der Waals surface area contributed by atoms with Gasteiger partial charge in [0.05, 0.1) is 25.9 Å². The highest BCUT2D eigenvalue weighted by Crippen LogP contribution is 2.43. The number of hydrogen-bond donors (Lipinski definition) is 4. The molecule has 0 amide bonds. The van der Waals surface area contributed by atoms with Crippen LogP contribution < -0.4 is 0 Å². The van der Waals surface area contributed by atoms with E-state index in [1.54, 1.807) is 12.2 Å². The zero-order valence-electron chi connectivity index (χ0n) is 36.2. The zero-order valence-corrected chi connectivity index (χ0v) is 37.1. The topological polar surface area (TPSA) is 169 Å². The molecule has 0 saturated carbocycles. The predicted octanol–water partition coefficient (Wildman–Crippen LogP) is 10.5. The number of phosphoric ester groups is 1. The van der Waals surface area contributed by atoms with Gasteiger partial charge in [-0.05, 0) is 89.9 Å². The molecule has 11 nitrogen and oxygen atoms in total. The quantitative estimate of drug-likeness (QED) is 0.0153. The molecule has 2 unspecified atom stereocenters. The number of carbonyl (C=O) groups is 2. The SMILES string of the molecule is CC/C=C\C/C=C\C/C=C\C/C=C\C=C\C(O)CCCC(=O)O[C@H](COC(=O)CCCCC/C=C\C/C=C\C/C=C\C/C=C\C/C=C\CC)COP(=O)(O)OC[C@@H](O)CO. The van der Waals surface area contributed by atoms with Crippen molar-refractivity contribution in [2.45, 2.75) is 141 Å². The van der Waals surface area contributed by atoms with E-state index in [1.807, 2.05) is 12.2 Å². The molecule has 60 heavy (non-hydrogen) atoms. The van der Waals surface area contributed by atoms with Crippen LogP contribution in [0.25, 0.3) is 0 Å². The number of esters is 2. The highest BCUT2D eigenvalue weighted by atomic mass is 31.2. The molecule has 0 aliphatic rings. The molecule has 0 bridgehead atoms. The van der Waals surface area contributed by atoms with Crippen LogP contribution in [0.3, 0.4) is 0 Å². The molecule has 0 spiro atoms. The molecule has 0 aliphatic heterocycles. The van der Waals surface area contributed by atoms with Crippen molar-refractivity contribution in [2.24, 2.45) is 0 Å². The summed E-state index contributed by atoms with van der Waals surface area (Å²) in [6, 6.07) is 0. The minimum atomic E-state index is -4.69. The second kappa shape index (κ2) is 42.0. The molecule has 0 saturated heterocycles. The Hall–Kier alpha value is -3.67. The number of aliphatic hydroxyl groups excluding tert-OH is 3. The number of carbonyl (C=O) groups excluding carboxylic acids is 2. The molecular formula is C48H75O11P. The normalized spacial score (nSPS) is 15.5. The molecule has 4 atom stereocenters. The Balaban J connectivity index is 4.58. The number of rotatable bonds is 38. The van der Waals surface area contributed by atoms with Gasteiger partial charge in [-0.3, -0.25) is 18.6 Å². The first-order valence-corrected chi connectivity index (χ1v) is 23.1. The Labute approximate surface area is 360 Å². The van der Waals surface area contributed by atoms with Gasteiger partial charge in [0.25, 0.3) is 0 Å². The van der Waals surface area contributed by atoms with Crippen molar-refractivity contribution in [3.8, 4) is 0 Å². The number of phosphoric acid groups is 1. The fraction of sp³-hybridized carbons (Fsp3) is 0.542. The summed E-state index contributed by atoms with van der Waals surface area (Å²) in [5, 5.41) is 28.6. The van der Waals surface area contributed by atoms with E-state index < -0.39 is 64.5 Å². The van der Waals surface area contributed by atoms with Crippen molar-refractivity contribution in [1.82, 2.24) is 0 Å². The lowest BCUT2D eigenvalue weighted by atomic mass is 10.1. The van der Waals surface area contributed by atoms with Crippen LogP contribution in [0.4, 0.5) is 0 Å². The third-order valence-corrected chi connectivity index (χ3v) is 9.17. The Kier molecular flexibility index (Phi) is 39.5. The van der Waals surface area contributed by atoms with E-state index >= 15 is 0 Å². The van der Waals surface area contributed by atoms with Crippen LogP contribution in [0.1, 0.15) is 123 Å². The van der Waals surface area contributed by atoms with Crippen LogP contribution in [0.15, 0.2) is 122 Å². The second-order valence-electron chi connectivity index (χ2n) is 13.8. The molecular weight excluding hydrogens is 783 g/mol. The molecule has 0 aliphatic carbocycles. The Morgan fingerprint density at radius 2 is 1.05 bits per heavy atom. The highest BCUT2D eigenvalue weighted by molar-refractivity contribution is 7.47. The summed E-state index contributed by atoms with van der Waals surface area (Å²) in [5.41, 5.74) is 0. The van der Waals surface area contributed by atoms with Crippen molar-refractivity contribution < 1.29 is 52.9 Å². The molecule has 0 radical (unpaired) electrons. The number of unbranched alkanes of at least 4 members (excludes halogenated alkanes) is 3. The molecule has 0 rings (SSSR count). The van der Waals surface area contributed by atoms with Crippen molar-refractivity contribution in [3.05, 3.63) is 122 Å². The van der Waals surface area contributed by atoms with E-state index in [0.717, 1.165) is 77.0 Å². The molecule has 0 aromatic carbocycles. The molecule has 0 aromatic heterocycles. The average Bonchev–Trinajstić information content (AvgIpc) is 3.23. The van der Waals surface area contributed by atoms with Crippen LogP contribution >= 0.6 is 7.82 Å². The monoisotopic (exact) mass is 859 g/mol. The van der Waals surface area contributed by atoms with Gasteiger partial charge in [0, 0.05) is 12.8 Å². The van der Waals surface area contributed by atoms with Gasteiger partial charge in [-0.25, -0.2) is 4.57 Å². The van der Waals surface area contributed by atoms with Gasteiger partial charge in [0.1, 0.15) is 12.7 Å². The summed E-state index contributed by atoms with van der Waals surface area (Å²) in [4.78, 5) is 35.0. The molecule has 0 fully saturated rings. The van der Waals surface area contributed by atoms with E-state index in [-0.39, 0.29) is 12.8 Å².